The molecule has 0 fully saturated rings. The van der Waals surface area contributed by atoms with Gasteiger partial charge in [-0.2, -0.15) is 0 Å². The lowest BCUT2D eigenvalue weighted by Crippen LogP contribution is -2.14. The van der Waals surface area contributed by atoms with Gasteiger partial charge < -0.3 is 0 Å². The van der Waals surface area contributed by atoms with Crippen molar-refractivity contribution in [2.45, 2.75) is 19.3 Å². The number of rotatable bonds is 3. The molecule has 8 rings (SSSR count). The van der Waals surface area contributed by atoms with Gasteiger partial charge in [0.25, 0.3) is 0 Å². The van der Waals surface area contributed by atoms with Gasteiger partial charge >= 0.3 is 0 Å². The fourth-order valence-electron chi connectivity index (χ4n) is 6.50. The summed E-state index contributed by atoms with van der Waals surface area (Å²) in [5, 5.41) is 2.43. The minimum Gasteiger partial charge on any atom is -0.277 e. The summed E-state index contributed by atoms with van der Waals surface area (Å²) in [5.74, 6) is 0.682. The van der Waals surface area contributed by atoms with Crippen LogP contribution in [0.1, 0.15) is 25.0 Å². The quantitative estimate of drug-likeness (QED) is 0.236. The summed E-state index contributed by atoms with van der Waals surface area (Å²) in [5.41, 5.74) is 11.4. The molecule has 190 valence electrons. The van der Waals surface area contributed by atoms with Crippen LogP contribution in [0.5, 0.6) is 0 Å². The molecular weight excluding hydrogens is 486 g/mol. The van der Waals surface area contributed by atoms with Crippen molar-refractivity contribution >= 4 is 21.8 Å². The summed E-state index contributed by atoms with van der Waals surface area (Å²) in [6.45, 7) is 4.66. The van der Waals surface area contributed by atoms with Crippen LogP contribution in [0, 0.1) is 0 Å². The molecular formula is C37H27N3. The Morgan fingerprint density at radius 2 is 1.15 bits per heavy atom. The van der Waals surface area contributed by atoms with E-state index in [0.717, 1.165) is 28.0 Å². The number of fused-ring (bicyclic) bond motifs is 7. The molecule has 7 aromatic rings. The molecule has 0 radical (unpaired) electrons. The standard InChI is InChI=1S/C37H27N3/c1-37(2)29-19-11-9-18-28(29)34-30(37)22-21-27-26-17-10-12-20-33(26)40(35(27)34)36-38-31(24-13-5-3-6-14-24)23-32(39-36)25-15-7-4-8-16-25/h3-23H,1-2H3. The molecule has 2 heterocycles. The predicted molar refractivity (Wildman–Crippen MR) is 165 cm³/mol. The second-order valence-electron chi connectivity index (χ2n) is 11.1. The van der Waals surface area contributed by atoms with Crippen LogP contribution in [0.3, 0.4) is 0 Å². The van der Waals surface area contributed by atoms with Gasteiger partial charge in [0.15, 0.2) is 0 Å². The Hall–Kier alpha value is -5.02. The topological polar surface area (TPSA) is 30.7 Å². The smallest absolute Gasteiger partial charge is 0.235 e. The zero-order valence-corrected chi connectivity index (χ0v) is 22.5. The van der Waals surface area contributed by atoms with Gasteiger partial charge in [0, 0.05) is 32.9 Å². The summed E-state index contributed by atoms with van der Waals surface area (Å²) < 4.78 is 2.29. The van der Waals surface area contributed by atoms with Gasteiger partial charge in [0.05, 0.1) is 22.4 Å². The van der Waals surface area contributed by atoms with Gasteiger partial charge in [-0.3, -0.25) is 4.57 Å². The van der Waals surface area contributed by atoms with Crippen LogP contribution in [-0.2, 0) is 5.41 Å². The number of nitrogens with zero attached hydrogens (tertiary/aromatic N) is 3. The van der Waals surface area contributed by atoms with Crippen LogP contribution in [0.2, 0.25) is 0 Å². The van der Waals surface area contributed by atoms with Gasteiger partial charge in [-0.05, 0) is 28.8 Å². The van der Waals surface area contributed by atoms with Crippen molar-refractivity contribution in [2.24, 2.45) is 0 Å². The van der Waals surface area contributed by atoms with Crippen molar-refractivity contribution in [3.8, 4) is 39.6 Å². The largest absolute Gasteiger partial charge is 0.277 e. The second-order valence-corrected chi connectivity index (χ2v) is 11.1. The van der Waals surface area contributed by atoms with Crippen LogP contribution in [-0.4, -0.2) is 14.5 Å². The molecule has 0 amide bonds. The predicted octanol–water partition coefficient (Wildman–Crippen LogP) is 9.21. The third-order valence-electron chi connectivity index (χ3n) is 8.43. The third kappa shape index (κ3) is 3.24. The summed E-state index contributed by atoms with van der Waals surface area (Å²) in [6.07, 6.45) is 0. The molecule has 0 bridgehead atoms. The number of benzene rings is 5. The molecule has 1 aliphatic rings. The molecule has 1 aliphatic carbocycles. The fraction of sp³-hybridized carbons (Fsp3) is 0.0811. The highest BCUT2D eigenvalue weighted by Crippen LogP contribution is 2.52. The van der Waals surface area contributed by atoms with E-state index >= 15 is 0 Å². The van der Waals surface area contributed by atoms with E-state index in [9.17, 15) is 0 Å². The molecule has 0 saturated carbocycles. The molecule has 0 unspecified atom stereocenters. The number of hydrogen-bond acceptors (Lipinski definition) is 2. The summed E-state index contributed by atoms with van der Waals surface area (Å²) in [7, 11) is 0. The van der Waals surface area contributed by atoms with Crippen molar-refractivity contribution in [1.29, 1.82) is 0 Å². The number of para-hydroxylation sites is 1. The highest BCUT2D eigenvalue weighted by molar-refractivity contribution is 6.15. The molecule has 0 atom stereocenters. The van der Waals surface area contributed by atoms with Gasteiger partial charge in [-0.1, -0.05) is 129 Å². The number of hydrogen-bond donors (Lipinski definition) is 0. The van der Waals surface area contributed by atoms with Gasteiger partial charge in [0.1, 0.15) is 0 Å². The zero-order valence-electron chi connectivity index (χ0n) is 22.5. The van der Waals surface area contributed by atoms with E-state index in [0.29, 0.717) is 5.95 Å². The molecule has 3 nitrogen and oxygen atoms in total. The molecule has 0 N–H and O–H groups in total. The van der Waals surface area contributed by atoms with Crippen LogP contribution in [0.15, 0.2) is 127 Å². The number of aromatic nitrogens is 3. The molecule has 0 saturated heterocycles. The Morgan fingerprint density at radius 3 is 1.85 bits per heavy atom. The van der Waals surface area contributed by atoms with E-state index < -0.39 is 0 Å². The maximum Gasteiger partial charge on any atom is 0.235 e. The Bertz CT molecular complexity index is 2010. The van der Waals surface area contributed by atoms with Crippen LogP contribution in [0.4, 0.5) is 0 Å². The van der Waals surface area contributed by atoms with E-state index in [4.69, 9.17) is 9.97 Å². The van der Waals surface area contributed by atoms with Crippen molar-refractivity contribution in [1.82, 2.24) is 14.5 Å². The molecule has 2 aromatic heterocycles. The Kier molecular flexibility index (Phi) is 4.86. The average molecular weight is 514 g/mol. The molecule has 5 aromatic carbocycles. The Labute approximate surface area is 233 Å². The molecule has 3 heteroatoms. The Morgan fingerprint density at radius 1 is 0.550 bits per heavy atom. The SMILES string of the molecule is CC1(C)c2ccccc2-c2c1ccc1c3ccccc3n(-c3nc(-c4ccccc4)cc(-c4ccccc4)n3)c21. The molecule has 0 aliphatic heterocycles. The van der Waals surface area contributed by atoms with E-state index in [2.05, 4.69) is 134 Å². The van der Waals surface area contributed by atoms with Gasteiger partial charge in [-0.25, -0.2) is 9.97 Å². The first-order valence-corrected chi connectivity index (χ1v) is 13.8. The van der Waals surface area contributed by atoms with Crippen molar-refractivity contribution < 1.29 is 0 Å². The van der Waals surface area contributed by atoms with Crippen molar-refractivity contribution in [2.75, 3.05) is 0 Å². The van der Waals surface area contributed by atoms with Crippen LogP contribution in [0.25, 0.3) is 61.4 Å². The van der Waals surface area contributed by atoms with Crippen molar-refractivity contribution in [3.63, 3.8) is 0 Å². The summed E-state index contributed by atoms with van der Waals surface area (Å²) in [6, 6.07) is 45.0. The fourth-order valence-corrected chi connectivity index (χ4v) is 6.50. The van der Waals surface area contributed by atoms with E-state index in [-0.39, 0.29) is 5.41 Å². The Balaban J connectivity index is 1.52. The van der Waals surface area contributed by atoms with Gasteiger partial charge in [0.2, 0.25) is 5.95 Å². The van der Waals surface area contributed by atoms with E-state index in [1.165, 1.54) is 38.5 Å². The highest BCUT2D eigenvalue weighted by atomic mass is 15.2. The summed E-state index contributed by atoms with van der Waals surface area (Å²) >= 11 is 0. The van der Waals surface area contributed by atoms with E-state index in [1.807, 2.05) is 12.1 Å². The van der Waals surface area contributed by atoms with Crippen molar-refractivity contribution in [3.05, 3.63) is 139 Å². The maximum absolute atomic E-state index is 5.24. The zero-order chi connectivity index (χ0) is 26.8. The lowest BCUT2D eigenvalue weighted by atomic mass is 9.82. The summed E-state index contributed by atoms with van der Waals surface area (Å²) in [4.78, 5) is 10.5. The average Bonchev–Trinajstić information content (AvgIpc) is 3.47. The van der Waals surface area contributed by atoms with E-state index in [1.54, 1.807) is 0 Å². The lowest BCUT2D eigenvalue weighted by molar-refractivity contribution is 0.661. The first kappa shape index (κ1) is 22.9. The van der Waals surface area contributed by atoms with Gasteiger partial charge in [-0.15, -0.1) is 0 Å². The maximum atomic E-state index is 5.24. The minimum atomic E-state index is -0.0939. The third-order valence-corrected chi connectivity index (χ3v) is 8.43. The molecule has 0 spiro atoms. The second kappa shape index (κ2) is 8.49. The first-order chi connectivity index (χ1) is 19.6. The first-order valence-electron chi connectivity index (χ1n) is 13.8. The molecule has 40 heavy (non-hydrogen) atoms. The monoisotopic (exact) mass is 513 g/mol. The van der Waals surface area contributed by atoms with Crippen LogP contribution < -0.4 is 0 Å². The van der Waals surface area contributed by atoms with Crippen LogP contribution >= 0.6 is 0 Å². The minimum absolute atomic E-state index is 0.0939. The normalized spacial score (nSPS) is 13.4. The lowest BCUT2D eigenvalue weighted by Gasteiger charge is -2.21. The highest BCUT2D eigenvalue weighted by Gasteiger charge is 2.37.